The first-order chi connectivity index (χ1) is 14.0. The number of hydrogen-bond donors (Lipinski definition) is 1. The van der Waals surface area contributed by atoms with Crippen LogP contribution in [0.3, 0.4) is 0 Å². The minimum atomic E-state index is -0.406. The number of halogens is 1. The van der Waals surface area contributed by atoms with Gasteiger partial charge >= 0.3 is 5.97 Å². The predicted octanol–water partition coefficient (Wildman–Crippen LogP) is 4.30. The van der Waals surface area contributed by atoms with Gasteiger partial charge in [-0.1, -0.05) is 23.7 Å². The SMILES string of the molecule is CCOC(=O)C=Cc1ccc(NC(=O)c2ccc(Cl)cc2N2CCCC2=O)cc1. The third-order valence-corrected chi connectivity index (χ3v) is 4.67. The molecule has 0 spiro atoms. The molecule has 2 aromatic rings. The average molecular weight is 413 g/mol. The van der Waals surface area contributed by atoms with Crippen LogP contribution in [-0.2, 0) is 14.3 Å². The van der Waals surface area contributed by atoms with E-state index in [1.165, 1.54) is 6.08 Å². The van der Waals surface area contributed by atoms with Crippen LogP contribution in [0.1, 0.15) is 35.7 Å². The molecule has 0 saturated carbocycles. The highest BCUT2D eigenvalue weighted by atomic mass is 35.5. The number of amides is 2. The summed E-state index contributed by atoms with van der Waals surface area (Å²) in [5.74, 6) is -0.748. The molecule has 0 unspecified atom stereocenters. The molecular weight excluding hydrogens is 392 g/mol. The quantitative estimate of drug-likeness (QED) is 0.567. The van der Waals surface area contributed by atoms with Crippen LogP contribution in [-0.4, -0.2) is 30.9 Å². The maximum Gasteiger partial charge on any atom is 0.330 e. The average Bonchev–Trinajstić information content (AvgIpc) is 3.13. The van der Waals surface area contributed by atoms with Gasteiger partial charge in [0, 0.05) is 29.8 Å². The number of hydrogen-bond acceptors (Lipinski definition) is 4. The van der Waals surface area contributed by atoms with Crippen molar-refractivity contribution in [2.24, 2.45) is 0 Å². The molecule has 6 nitrogen and oxygen atoms in total. The van der Waals surface area contributed by atoms with Gasteiger partial charge in [0.1, 0.15) is 0 Å². The summed E-state index contributed by atoms with van der Waals surface area (Å²) in [6, 6.07) is 11.9. The van der Waals surface area contributed by atoms with Crippen LogP contribution in [0, 0.1) is 0 Å². The number of anilines is 2. The van der Waals surface area contributed by atoms with Crippen molar-refractivity contribution >= 4 is 46.8 Å². The van der Waals surface area contributed by atoms with E-state index in [1.54, 1.807) is 60.4 Å². The molecule has 0 aromatic heterocycles. The van der Waals surface area contributed by atoms with E-state index in [2.05, 4.69) is 5.32 Å². The Labute approximate surface area is 174 Å². The topological polar surface area (TPSA) is 75.7 Å². The molecule has 0 radical (unpaired) electrons. The minimum absolute atomic E-state index is 0.0148. The van der Waals surface area contributed by atoms with E-state index in [4.69, 9.17) is 16.3 Å². The second-order valence-electron chi connectivity index (χ2n) is 6.47. The normalized spacial score (nSPS) is 13.7. The van der Waals surface area contributed by atoms with Gasteiger partial charge in [0.15, 0.2) is 0 Å². The summed E-state index contributed by atoms with van der Waals surface area (Å²) in [5, 5.41) is 3.30. The number of nitrogens with one attached hydrogen (secondary N) is 1. The van der Waals surface area contributed by atoms with Gasteiger partial charge < -0.3 is 15.0 Å². The zero-order valence-corrected chi connectivity index (χ0v) is 16.7. The maximum atomic E-state index is 12.8. The zero-order chi connectivity index (χ0) is 20.8. The van der Waals surface area contributed by atoms with Crippen LogP contribution in [0.15, 0.2) is 48.5 Å². The second-order valence-corrected chi connectivity index (χ2v) is 6.91. The van der Waals surface area contributed by atoms with Gasteiger partial charge in [0.05, 0.1) is 17.9 Å². The third-order valence-electron chi connectivity index (χ3n) is 4.44. The number of nitrogens with zero attached hydrogens (tertiary/aromatic N) is 1. The van der Waals surface area contributed by atoms with E-state index >= 15 is 0 Å². The van der Waals surface area contributed by atoms with Gasteiger partial charge in [-0.3, -0.25) is 9.59 Å². The Bertz CT molecular complexity index is 954. The number of carbonyl (C=O) groups is 3. The molecule has 1 fully saturated rings. The van der Waals surface area contributed by atoms with Crippen molar-refractivity contribution in [2.75, 3.05) is 23.4 Å². The highest BCUT2D eigenvalue weighted by Crippen LogP contribution is 2.29. The van der Waals surface area contributed by atoms with Crippen molar-refractivity contribution in [1.29, 1.82) is 0 Å². The van der Waals surface area contributed by atoms with E-state index < -0.39 is 5.97 Å². The van der Waals surface area contributed by atoms with Crippen LogP contribution >= 0.6 is 11.6 Å². The summed E-state index contributed by atoms with van der Waals surface area (Å²) in [7, 11) is 0. The summed E-state index contributed by atoms with van der Waals surface area (Å²) >= 11 is 6.09. The van der Waals surface area contributed by atoms with Crippen LogP contribution in [0.4, 0.5) is 11.4 Å². The Morgan fingerprint density at radius 2 is 1.97 bits per heavy atom. The van der Waals surface area contributed by atoms with Crippen LogP contribution in [0.25, 0.3) is 6.08 Å². The van der Waals surface area contributed by atoms with Gasteiger partial charge in [0.25, 0.3) is 5.91 Å². The Hall–Kier alpha value is -3.12. The zero-order valence-electron chi connectivity index (χ0n) is 16.0. The molecule has 0 aliphatic carbocycles. The van der Waals surface area contributed by atoms with Gasteiger partial charge in [-0.2, -0.15) is 0 Å². The van der Waals surface area contributed by atoms with Gasteiger partial charge in [-0.05, 0) is 55.3 Å². The number of esters is 1. The first-order valence-corrected chi connectivity index (χ1v) is 9.72. The summed E-state index contributed by atoms with van der Waals surface area (Å²) in [6.07, 6.45) is 4.21. The lowest BCUT2D eigenvalue weighted by molar-refractivity contribution is -0.137. The summed E-state index contributed by atoms with van der Waals surface area (Å²) in [5.41, 5.74) is 2.30. The molecule has 29 heavy (non-hydrogen) atoms. The van der Waals surface area contributed by atoms with Crippen LogP contribution in [0.2, 0.25) is 5.02 Å². The molecule has 0 atom stereocenters. The molecule has 150 valence electrons. The molecule has 1 saturated heterocycles. The fourth-order valence-electron chi connectivity index (χ4n) is 3.05. The highest BCUT2D eigenvalue weighted by molar-refractivity contribution is 6.31. The number of ether oxygens (including phenoxy) is 1. The van der Waals surface area contributed by atoms with Crippen molar-refractivity contribution in [3.63, 3.8) is 0 Å². The van der Waals surface area contributed by atoms with Crippen molar-refractivity contribution < 1.29 is 19.1 Å². The lowest BCUT2D eigenvalue weighted by Gasteiger charge is -2.19. The van der Waals surface area contributed by atoms with E-state index in [0.29, 0.717) is 41.5 Å². The van der Waals surface area contributed by atoms with Crippen molar-refractivity contribution in [2.45, 2.75) is 19.8 Å². The number of carbonyl (C=O) groups excluding carboxylic acids is 3. The summed E-state index contributed by atoms with van der Waals surface area (Å²) < 4.78 is 4.84. The molecule has 0 bridgehead atoms. The standard InChI is InChI=1S/C22H21ClN2O4/c1-2-29-21(27)12-7-15-5-9-17(10-6-15)24-22(28)18-11-8-16(23)14-19(18)25-13-3-4-20(25)26/h5-12,14H,2-4,13H2,1H3,(H,24,28). The third kappa shape index (κ3) is 5.23. The molecule has 2 amide bonds. The Morgan fingerprint density at radius 3 is 2.62 bits per heavy atom. The molecule has 7 heteroatoms. The molecule has 2 aromatic carbocycles. The van der Waals surface area contributed by atoms with E-state index in [1.807, 2.05) is 0 Å². The van der Waals surface area contributed by atoms with Gasteiger partial charge in [-0.15, -0.1) is 0 Å². The van der Waals surface area contributed by atoms with E-state index in [9.17, 15) is 14.4 Å². The van der Waals surface area contributed by atoms with Crippen LogP contribution in [0.5, 0.6) is 0 Å². The first kappa shape index (κ1) is 20.6. The minimum Gasteiger partial charge on any atom is -0.463 e. The highest BCUT2D eigenvalue weighted by Gasteiger charge is 2.26. The molecular formula is C22H21ClN2O4. The Morgan fingerprint density at radius 1 is 1.21 bits per heavy atom. The second kappa shape index (κ2) is 9.39. The summed E-state index contributed by atoms with van der Waals surface area (Å²) in [4.78, 5) is 37.9. The van der Waals surface area contributed by atoms with E-state index in [-0.39, 0.29) is 11.8 Å². The molecule has 3 rings (SSSR count). The largest absolute Gasteiger partial charge is 0.463 e. The molecule has 1 heterocycles. The maximum absolute atomic E-state index is 12.8. The summed E-state index contributed by atoms with van der Waals surface area (Å²) in [6.45, 7) is 2.64. The molecule has 1 N–H and O–H groups in total. The van der Waals surface area contributed by atoms with Gasteiger partial charge in [0.2, 0.25) is 5.91 Å². The van der Waals surface area contributed by atoms with Crippen molar-refractivity contribution in [1.82, 2.24) is 0 Å². The van der Waals surface area contributed by atoms with Crippen LogP contribution < -0.4 is 10.2 Å². The fraction of sp³-hybridized carbons (Fsp3) is 0.227. The van der Waals surface area contributed by atoms with Crippen molar-refractivity contribution in [3.05, 3.63) is 64.7 Å². The van der Waals surface area contributed by atoms with Gasteiger partial charge in [-0.25, -0.2) is 4.79 Å². The smallest absolute Gasteiger partial charge is 0.330 e. The molecule has 1 aliphatic heterocycles. The Kier molecular flexibility index (Phi) is 6.67. The Balaban J connectivity index is 1.74. The monoisotopic (exact) mass is 412 g/mol. The van der Waals surface area contributed by atoms with Crippen molar-refractivity contribution in [3.8, 4) is 0 Å². The number of benzene rings is 2. The first-order valence-electron chi connectivity index (χ1n) is 9.34. The van der Waals surface area contributed by atoms with E-state index in [0.717, 1.165) is 12.0 Å². The fourth-order valence-corrected chi connectivity index (χ4v) is 3.22. The lowest BCUT2D eigenvalue weighted by atomic mass is 10.1. The predicted molar refractivity (Wildman–Crippen MR) is 113 cm³/mol. The molecule has 1 aliphatic rings. The number of rotatable bonds is 6. The lowest BCUT2D eigenvalue weighted by Crippen LogP contribution is -2.27.